The summed E-state index contributed by atoms with van der Waals surface area (Å²) in [5, 5.41) is 13.0. The van der Waals surface area contributed by atoms with Crippen LogP contribution in [0.15, 0.2) is 28.8 Å². The first kappa shape index (κ1) is 14.6. The van der Waals surface area contributed by atoms with Gasteiger partial charge in [-0.3, -0.25) is 0 Å². The molecule has 5 nitrogen and oxygen atoms in total. The molecule has 0 spiro atoms. The summed E-state index contributed by atoms with van der Waals surface area (Å²) in [5.41, 5.74) is 0.602. The van der Waals surface area contributed by atoms with Crippen LogP contribution in [0, 0.1) is 0 Å². The van der Waals surface area contributed by atoms with Crippen LogP contribution in [-0.2, 0) is 5.75 Å². The van der Waals surface area contributed by atoms with Crippen LogP contribution in [0.2, 0.25) is 0 Å². The third-order valence-corrected chi connectivity index (χ3v) is 3.76. The summed E-state index contributed by atoms with van der Waals surface area (Å²) in [4.78, 5) is 15.4. The van der Waals surface area contributed by atoms with Crippen molar-refractivity contribution in [1.82, 2.24) is 10.1 Å². The zero-order chi connectivity index (χ0) is 14.8. The molecule has 0 saturated carbocycles. The van der Waals surface area contributed by atoms with Crippen LogP contribution in [0.4, 0.5) is 0 Å². The van der Waals surface area contributed by atoms with Gasteiger partial charge in [0.15, 0.2) is 5.82 Å². The second-order valence-electron chi connectivity index (χ2n) is 5.27. The van der Waals surface area contributed by atoms with Gasteiger partial charge in [-0.2, -0.15) is 4.98 Å². The molecule has 0 bridgehead atoms. The molecule has 6 heteroatoms. The van der Waals surface area contributed by atoms with E-state index < -0.39 is 5.97 Å². The molecule has 1 aromatic carbocycles. The molecule has 20 heavy (non-hydrogen) atoms. The van der Waals surface area contributed by atoms with Crippen LogP contribution in [0.1, 0.15) is 37.0 Å². The van der Waals surface area contributed by atoms with E-state index in [0.29, 0.717) is 17.1 Å². The summed E-state index contributed by atoms with van der Waals surface area (Å²) in [6.07, 6.45) is 0. The Balaban J connectivity index is 2.23. The maximum atomic E-state index is 11.2. The van der Waals surface area contributed by atoms with E-state index in [0.717, 1.165) is 0 Å². The fourth-order valence-corrected chi connectivity index (χ4v) is 2.24. The lowest BCUT2D eigenvalue weighted by Crippen LogP contribution is -2.07. The van der Waals surface area contributed by atoms with Crippen molar-refractivity contribution in [3.05, 3.63) is 35.7 Å². The van der Waals surface area contributed by atoms with E-state index in [4.69, 9.17) is 9.63 Å². The molecule has 1 aromatic heterocycles. The molecular weight excluding hydrogens is 276 g/mol. The summed E-state index contributed by atoms with van der Waals surface area (Å²) < 4.78 is 5.28. The van der Waals surface area contributed by atoms with E-state index in [2.05, 4.69) is 30.9 Å². The van der Waals surface area contributed by atoms with Gasteiger partial charge in [0.05, 0.1) is 16.9 Å². The number of benzene rings is 1. The number of thioether (sulfide) groups is 1. The van der Waals surface area contributed by atoms with Gasteiger partial charge in [-0.25, -0.2) is 4.79 Å². The van der Waals surface area contributed by atoms with E-state index in [9.17, 15) is 4.79 Å². The fourth-order valence-electron chi connectivity index (χ4n) is 1.56. The molecule has 0 radical (unpaired) electrons. The highest BCUT2D eigenvalue weighted by Crippen LogP contribution is 2.28. The van der Waals surface area contributed by atoms with Gasteiger partial charge in [0.25, 0.3) is 5.89 Å². The van der Waals surface area contributed by atoms with E-state index in [1.807, 2.05) is 0 Å². The first-order valence-corrected chi connectivity index (χ1v) is 7.14. The largest absolute Gasteiger partial charge is 0.478 e. The third-order valence-electron chi connectivity index (χ3n) is 2.49. The number of carboxylic acid groups (broad SMARTS) is 1. The highest BCUT2D eigenvalue weighted by Gasteiger charge is 2.18. The average Bonchev–Trinajstić information content (AvgIpc) is 2.84. The molecule has 0 atom stereocenters. The zero-order valence-electron chi connectivity index (χ0n) is 11.6. The molecule has 0 fully saturated rings. The molecule has 106 valence electrons. The fraction of sp³-hybridized carbons (Fsp3) is 0.357. The maximum absolute atomic E-state index is 11.2. The Morgan fingerprint density at radius 3 is 2.70 bits per heavy atom. The predicted molar refractivity (Wildman–Crippen MR) is 77.7 cm³/mol. The van der Waals surface area contributed by atoms with Crippen LogP contribution in [0.3, 0.4) is 0 Å². The normalized spacial score (nSPS) is 11.6. The highest BCUT2D eigenvalue weighted by atomic mass is 32.2. The summed E-state index contributed by atoms with van der Waals surface area (Å²) in [7, 11) is 0. The number of aromatic nitrogens is 2. The standard InChI is InChI=1S/C14H16N2O3S/c1-14(2,3)20-8-11-15-12(19-16-11)9-6-4-5-7-10(9)13(17)18/h4-7H,8H2,1-3H3,(H,17,18). The molecule has 0 saturated heterocycles. The number of rotatable bonds is 4. The SMILES string of the molecule is CC(C)(C)SCc1noc(-c2ccccc2C(=O)O)n1. The summed E-state index contributed by atoms with van der Waals surface area (Å²) in [6, 6.07) is 6.60. The number of nitrogens with zero attached hydrogens (tertiary/aromatic N) is 2. The lowest BCUT2D eigenvalue weighted by atomic mass is 10.1. The number of aromatic carboxylic acids is 1. The van der Waals surface area contributed by atoms with Crippen LogP contribution in [-0.4, -0.2) is 26.0 Å². The predicted octanol–water partition coefficient (Wildman–Crippen LogP) is 3.47. The van der Waals surface area contributed by atoms with Crippen molar-refractivity contribution < 1.29 is 14.4 Å². The smallest absolute Gasteiger partial charge is 0.336 e. The second-order valence-corrected chi connectivity index (χ2v) is 7.07. The zero-order valence-corrected chi connectivity index (χ0v) is 12.4. The van der Waals surface area contributed by atoms with Gasteiger partial charge in [-0.15, -0.1) is 11.8 Å². The van der Waals surface area contributed by atoms with Gasteiger partial charge >= 0.3 is 5.97 Å². The topological polar surface area (TPSA) is 76.2 Å². The van der Waals surface area contributed by atoms with Crippen LogP contribution in [0.25, 0.3) is 11.5 Å². The molecule has 2 rings (SSSR count). The molecule has 0 aliphatic heterocycles. The number of hydrogen-bond donors (Lipinski definition) is 1. The molecule has 2 aromatic rings. The molecule has 0 unspecified atom stereocenters. The third kappa shape index (κ3) is 3.60. The van der Waals surface area contributed by atoms with Gasteiger partial charge in [0, 0.05) is 4.75 Å². The summed E-state index contributed by atoms with van der Waals surface area (Å²) >= 11 is 1.70. The molecular formula is C14H16N2O3S. The van der Waals surface area contributed by atoms with E-state index in [1.54, 1.807) is 30.0 Å². The molecule has 1 heterocycles. The quantitative estimate of drug-likeness (QED) is 0.930. The Morgan fingerprint density at radius 2 is 2.05 bits per heavy atom. The van der Waals surface area contributed by atoms with Gasteiger partial charge in [0.2, 0.25) is 0 Å². The van der Waals surface area contributed by atoms with Gasteiger partial charge in [0.1, 0.15) is 0 Å². The molecule has 1 N–H and O–H groups in total. The molecule has 0 aliphatic rings. The lowest BCUT2D eigenvalue weighted by molar-refractivity contribution is 0.0697. The summed E-state index contributed by atoms with van der Waals surface area (Å²) in [5.74, 6) is 0.430. The van der Waals surface area contributed by atoms with Gasteiger partial charge in [-0.1, -0.05) is 38.1 Å². The van der Waals surface area contributed by atoms with Crippen LogP contribution >= 0.6 is 11.8 Å². The van der Waals surface area contributed by atoms with Gasteiger partial charge < -0.3 is 9.63 Å². The average molecular weight is 292 g/mol. The number of carbonyl (C=O) groups is 1. The minimum Gasteiger partial charge on any atom is -0.478 e. The number of carboxylic acids is 1. The lowest BCUT2D eigenvalue weighted by Gasteiger charge is -2.15. The van der Waals surface area contributed by atoms with Crippen molar-refractivity contribution >= 4 is 17.7 Å². The van der Waals surface area contributed by atoms with E-state index >= 15 is 0 Å². The highest BCUT2D eigenvalue weighted by molar-refractivity contribution is 7.99. The van der Waals surface area contributed by atoms with E-state index in [1.165, 1.54) is 6.07 Å². The van der Waals surface area contributed by atoms with E-state index in [-0.39, 0.29) is 16.2 Å². The molecule has 0 amide bonds. The molecule has 0 aliphatic carbocycles. The van der Waals surface area contributed by atoms with Crippen LogP contribution < -0.4 is 0 Å². The maximum Gasteiger partial charge on any atom is 0.336 e. The second kappa shape index (κ2) is 5.66. The van der Waals surface area contributed by atoms with Crippen molar-refractivity contribution in [3.63, 3.8) is 0 Å². The Morgan fingerprint density at radius 1 is 1.35 bits per heavy atom. The minimum atomic E-state index is -1.01. The Bertz CT molecular complexity index is 617. The van der Waals surface area contributed by atoms with Crippen molar-refractivity contribution in [1.29, 1.82) is 0 Å². The van der Waals surface area contributed by atoms with Crippen molar-refractivity contribution in [2.75, 3.05) is 0 Å². The monoisotopic (exact) mass is 292 g/mol. The van der Waals surface area contributed by atoms with Gasteiger partial charge in [-0.05, 0) is 12.1 Å². The van der Waals surface area contributed by atoms with Crippen molar-refractivity contribution in [3.8, 4) is 11.5 Å². The number of hydrogen-bond acceptors (Lipinski definition) is 5. The summed E-state index contributed by atoms with van der Waals surface area (Å²) in [6.45, 7) is 6.33. The Kier molecular flexibility index (Phi) is 4.13. The van der Waals surface area contributed by atoms with Crippen molar-refractivity contribution in [2.45, 2.75) is 31.3 Å². The Hall–Kier alpha value is -1.82. The van der Waals surface area contributed by atoms with Crippen molar-refractivity contribution in [2.24, 2.45) is 0 Å². The Labute approximate surface area is 121 Å². The minimum absolute atomic E-state index is 0.111. The van der Waals surface area contributed by atoms with Crippen LogP contribution in [0.5, 0.6) is 0 Å². The first-order chi connectivity index (χ1) is 9.37. The first-order valence-electron chi connectivity index (χ1n) is 6.16.